The van der Waals surface area contributed by atoms with Gasteiger partial charge in [0.2, 0.25) is 0 Å². The molecule has 18 heavy (non-hydrogen) atoms. The lowest BCUT2D eigenvalue weighted by atomic mass is 10.2. The highest BCUT2D eigenvalue weighted by Crippen LogP contribution is 2.26. The van der Waals surface area contributed by atoms with Crippen molar-refractivity contribution in [3.8, 4) is 0 Å². The fraction of sp³-hybridized carbons (Fsp3) is 0.273. The Labute approximate surface area is 116 Å². The van der Waals surface area contributed by atoms with Gasteiger partial charge < -0.3 is 9.73 Å². The maximum absolute atomic E-state index is 12.0. The van der Waals surface area contributed by atoms with Crippen molar-refractivity contribution in [2.75, 3.05) is 11.9 Å². The minimum Gasteiger partial charge on any atom is -0.457 e. The lowest BCUT2D eigenvalue weighted by Gasteiger charge is -2.09. The molecule has 0 bridgehead atoms. The monoisotopic (exact) mass is 327 g/mol. The van der Waals surface area contributed by atoms with Gasteiger partial charge in [-0.3, -0.25) is 10.1 Å². The number of nitrogens with one attached hydrogen (secondary N) is 2. The molecule has 3 heterocycles. The lowest BCUT2D eigenvalue weighted by Crippen LogP contribution is -2.22. The molecule has 0 aliphatic carbocycles. The van der Waals surface area contributed by atoms with E-state index < -0.39 is 0 Å². The van der Waals surface area contributed by atoms with E-state index in [-0.39, 0.29) is 5.91 Å². The first kappa shape index (κ1) is 11.9. The zero-order valence-corrected chi connectivity index (χ0v) is 11.7. The fourth-order valence-corrected chi connectivity index (χ4v) is 3.19. The number of carbonyl (C=O) groups is 1. The number of hydrogen-bond acceptors (Lipinski definition) is 5. The van der Waals surface area contributed by atoms with Crippen LogP contribution in [0.5, 0.6) is 0 Å². The summed E-state index contributed by atoms with van der Waals surface area (Å²) in [6, 6.07) is 1.62. The molecule has 94 valence electrons. The lowest BCUT2D eigenvalue weighted by molar-refractivity contribution is 0.102. The van der Waals surface area contributed by atoms with Gasteiger partial charge in [0.25, 0.3) is 5.91 Å². The topological polar surface area (TPSA) is 67.2 Å². The second-order valence-corrected chi connectivity index (χ2v) is 5.68. The van der Waals surface area contributed by atoms with Crippen LogP contribution in [0.3, 0.4) is 0 Å². The summed E-state index contributed by atoms with van der Waals surface area (Å²) in [7, 11) is 0. The Kier molecular flexibility index (Phi) is 3.19. The van der Waals surface area contributed by atoms with E-state index in [1.807, 2.05) is 0 Å². The highest BCUT2D eigenvalue weighted by atomic mass is 79.9. The van der Waals surface area contributed by atoms with Crippen LogP contribution in [0.1, 0.15) is 20.9 Å². The third kappa shape index (κ3) is 2.21. The standard InChI is InChI=1S/C11H10BrN3O2S/c12-9-6(2-4-17-9)10(16)15-11-14-7-1-3-13-5-8(7)18-11/h2,4,13H,1,3,5H2,(H,14,15,16). The molecule has 5 nitrogen and oxygen atoms in total. The van der Waals surface area contributed by atoms with Crippen LogP contribution in [0, 0.1) is 0 Å². The number of nitrogens with zero attached hydrogens (tertiary/aromatic N) is 1. The van der Waals surface area contributed by atoms with Gasteiger partial charge in [-0.25, -0.2) is 4.98 Å². The molecule has 7 heteroatoms. The molecule has 0 saturated carbocycles. The largest absolute Gasteiger partial charge is 0.457 e. The molecule has 3 rings (SSSR count). The normalized spacial score (nSPS) is 14.3. The average molecular weight is 328 g/mol. The molecule has 0 atom stereocenters. The summed E-state index contributed by atoms with van der Waals surface area (Å²) in [6.07, 6.45) is 2.38. The van der Waals surface area contributed by atoms with Crippen LogP contribution in [0.2, 0.25) is 0 Å². The van der Waals surface area contributed by atoms with E-state index in [0.717, 1.165) is 25.2 Å². The van der Waals surface area contributed by atoms with Crippen molar-refractivity contribution >= 4 is 38.3 Å². The predicted octanol–water partition coefficient (Wildman–Crippen LogP) is 2.40. The highest BCUT2D eigenvalue weighted by Gasteiger charge is 2.18. The fourth-order valence-electron chi connectivity index (χ4n) is 1.80. The van der Waals surface area contributed by atoms with E-state index in [1.165, 1.54) is 22.5 Å². The number of furan rings is 1. The number of carbonyl (C=O) groups excluding carboxylic acids is 1. The van der Waals surface area contributed by atoms with Gasteiger partial charge >= 0.3 is 0 Å². The van der Waals surface area contributed by atoms with Crippen molar-refractivity contribution in [1.82, 2.24) is 10.3 Å². The number of anilines is 1. The second-order valence-electron chi connectivity index (χ2n) is 3.88. The van der Waals surface area contributed by atoms with Crippen molar-refractivity contribution in [2.24, 2.45) is 0 Å². The van der Waals surface area contributed by atoms with E-state index in [1.54, 1.807) is 6.07 Å². The molecule has 2 N–H and O–H groups in total. The summed E-state index contributed by atoms with van der Waals surface area (Å²) in [5.74, 6) is -0.213. The van der Waals surface area contributed by atoms with Crippen LogP contribution < -0.4 is 10.6 Å². The van der Waals surface area contributed by atoms with Gasteiger partial charge in [-0.15, -0.1) is 11.3 Å². The molecule has 1 amide bonds. The first-order chi connectivity index (χ1) is 8.74. The van der Waals surface area contributed by atoms with Gasteiger partial charge in [-0.1, -0.05) is 0 Å². The van der Waals surface area contributed by atoms with Crippen LogP contribution >= 0.6 is 27.3 Å². The van der Waals surface area contributed by atoms with Crippen LogP contribution in [0.4, 0.5) is 5.13 Å². The van der Waals surface area contributed by atoms with Crippen molar-refractivity contribution in [2.45, 2.75) is 13.0 Å². The summed E-state index contributed by atoms with van der Waals surface area (Å²) < 4.78 is 5.47. The number of thiazole rings is 1. The van der Waals surface area contributed by atoms with Gasteiger partial charge in [0.1, 0.15) is 0 Å². The molecule has 2 aromatic rings. The number of rotatable bonds is 2. The molecule has 0 unspecified atom stereocenters. The molecule has 0 radical (unpaired) electrons. The van der Waals surface area contributed by atoms with Crippen LogP contribution in [-0.2, 0) is 13.0 Å². The van der Waals surface area contributed by atoms with Crippen molar-refractivity contribution in [1.29, 1.82) is 0 Å². The molecule has 1 aliphatic heterocycles. The maximum atomic E-state index is 12.0. The first-order valence-corrected chi connectivity index (χ1v) is 7.08. The van der Waals surface area contributed by atoms with Gasteiger partial charge in [-0.05, 0) is 22.0 Å². The van der Waals surface area contributed by atoms with Crippen molar-refractivity contribution in [3.63, 3.8) is 0 Å². The summed E-state index contributed by atoms with van der Waals surface area (Å²) in [5.41, 5.74) is 1.56. The maximum Gasteiger partial charge on any atom is 0.261 e. The van der Waals surface area contributed by atoms with Crippen molar-refractivity contribution < 1.29 is 9.21 Å². The van der Waals surface area contributed by atoms with E-state index in [2.05, 4.69) is 31.5 Å². The predicted molar refractivity (Wildman–Crippen MR) is 71.9 cm³/mol. The van der Waals surface area contributed by atoms with Crippen LogP contribution in [-0.4, -0.2) is 17.4 Å². The molecular weight excluding hydrogens is 318 g/mol. The summed E-state index contributed by atoms with van der Waals surface area (Å²) in [4.78, 5) is 17.6. The Bertz CT molecular complexity index is 569. The van der Waals surface area contributed by atoms with Gasteiger partial charge in [-0.2, -0.15) is 0 Å². The summed E-state index contributed by atoms with van der Waals surface area (Å²) in [5, 5.41) is 6.71. The minimum absolute atomic E-state index is 0.213. The second kappa shape index (κ2) is 4.83. The third-order valence-electron chi connectivity index (χ3n) is 2.69. The van der Waals surface area contributed by atoms with Gasteiger partial charge in [0, 0.05) is 24.4 Å². The number of amides is 1. The molecule has 0 spiro atoms. The number of aromatic nitrogens is 1. The van der Waals surface area contributed by atoms with E-state index in [4.69, 9.17) is 4.42 Å². The zero-order valence-electron chi connectivity index (χ0n) is 9.33. The molecule has 0 saturated heterocycles. The van der Waals surface area contributed by atoms with Gasteiger partial charge in [0.05, 0.1) is 17.5 Å². The summed E-state index contributed by atoms with van der Waals surface area (Å²) in [6.45, 7) is 1.77. The molecule has 2 aromatic heterocycles. The Morgan fingerprint density at radius 1 is 1.61 bits per heavy atom. The summed E-state index contributed by atoms with van der Waals surface area (Å²) >= 11 is 4.70. The van der Waals surface area contributed by atoms with Crippen LogP contribution in [0.25, 0.3) is 0 Å². The smallest absolute Gasteiger partial charge is 0.261 e. The number of hydrogen-bond donors (Lipinski definition) is 2. The van der Waals surface area contributed by atoms with Crippen molar-refractivity contribution in [3.05, 3.63) is 33.1 Å². The van der Waals surface area contributed by atoms with E-state index in [9.17, 15) is 4.79 Å². The molecule has 0 fully saturated rings. The molecule has 0 aromatic carbocycles. The third-order valence-corrected chi connectivity index (χ3v) is 4.31. The van der Waals surface area contributed by atoms with Crippen LogP contribution in [0.15, 0.2) is 21.4 Å². The highest BCUT2D eigenvalue weighted by molar-refractivity contribution is 9.10. The quantitative estimate of drug-likeness (QED) is 0.888. The molecular formula is C11H10BrN3O2S. The first-order valence-electron chi connectivity index (χ1n) is 5.47. The minimum atomic E-state index is -0.213. The number of halogens is 1. The SMILES string of the molecule is O=C(Nc1nc2c(s1)CNCC2)c1ccoc1Br. The zero-order chi connectivity index (χ0) is 12.5. The number of fused-ring (bicyclic) bond motifs is 1. The Morgan fingerprint density at radius 3 is 3.22 bits per heavy atom. The van der Waals surface area contributed by atoms with E-state index in [0.29, 0.717) is 15.4 Å². The average Bonchev–Trinajstić information content (AvgIpc) is 2.94. The molecule has 1 aliphatic rings. The Hall–Kier alpha value is -1.18. The Morgan fingerprint density at radius 2 is 2.50 bits per heavy atom. The Balaban J connectivity index is 1.79. The van der Waals surface area contributed by atoms with Gasteiger partial charge in [0.15, 0.2) is 9.80 Å². The van der Waals surface area contributed by atoms with E-state index >= 15 is 0 Å².